The van der Waals surface area contributed by atoms with Crippen molar-refractivity contribution in [1.29, 1.82) is 0 Å². The number of hydrogen-bond acceptors (Lipinski definition) is 5. The van der Waals surface area contributed by atoms with Gasteiger partial charge in [0.25, 0.3) is 0 Å². The molecule has 28 heavy (non-hydrogen) atoms. The Balaban J connectivity index is 1.55. The maximum absolute atomic E-state index is 12.8. The number of ether oxygens (including phenoxy) is 2. The molecule has 0 radical (unpaired) electrons. The number of fused-ring (bicyclic) bond motifs is 8. The fraction of sp³-hybridized carbons (Fsp3) is 0.783. The van der Waals surface area contributed by atoms with Gasteiger partial charge in [0, 0.05) is 18.8 Å². The molecule has 5 rings (SSSR count). The molecule has 8 atom stereocenters. The van der Waals surface area contributed by atoms with Gasteiger partial charge in [-0.1, -0.05) is 13.8 Å². The minimum atomic E-state index is -1.00. The fourth-order valence-corrected chi connectivity index (χ4v) is 7.87. The van der Waals surface area contributed by atoms with E-state index in [1.54, 1.807) is 6.92 Å². The molecule has 0 aromatic rings. The molecule has 1 saturated heterocycles. The number of esters is 1. The highest BCUT2D eigenvalue weighted by molar-refractivity contribution is 5.92. The number of carbonyl (C=O) groups is 3. The van der Waals surface area contributed by atoms with Crippen molar-refractivity contribution in [2.45, 2.75) is 84.0 Å². The molecule has 0 unspecified atom stereocenters. The van der Waals surface area contributed by atoms with E-state index in [4.69, 9.17) is 9.47 Å². The first kappa shape index (κ1) is 18.5. The Morgan fingerprint density at radius 2 is 1.82 bits per heavy atom. The van der Waals surface area contributed by atoms with Crippen LogP contribution in [0, 0.1) is 28.6 Å². The molecule has 0 amide bonds. The number of epoxide rings is 1. The summed E-state index contributed by atoms with van der Waals surface area (Å²) in [6.45, 7) is 7.48. The number of Topliss-reactive ketones (excluding diaryl/α,β-unsaturated/α-hetero) is 1. The normalized spacial score (nSPS) is 51.2. The lowest BCUT2D eigenvalue weighted by Gasteiger charge is -2.57. The molecule has 0 aromatic carbocycles. The summed E-state index contributed by atoms with van der Waals surface area (Å²) in [6, 6.07) is 0. The van der Waals surface area contributed by atoms with E-state index in [2.05, 4.69) is 13.8 Å². The molecule has 5 nitrogen and oxygen atoms in total. The molecule has 0 aromatic heterocycles. The van der Waals surface area contributed by atoms with Gasteiger partial charge in [-0.25, -0.2) is 0 Å². The average molecular weight is 386 g/mol. The van der Waals surface area contributed by atoms with Gasteiger partial charge < -0.3 is 9.47 Å². The molecular formula is C23H30O5. The van der Waals surface area contributed by atoms with Gasteiger partial charge in [0.1, 0.15) is 6.10 Å². The van der Waals surface area contributed by atoms with Crippen LogP contribution < -0.4 is 0 Å². The number of ketones is 2. The Bertz CT molecular complexity index is 814. The third-order valence-electron chi connectivity index (χ3n) is 9.24. The minimum Gasteiger partial charge on any atom is -0.451 e. The minimum absolute atomic E-state index is 0.0144. The highest BCUT2D eigenvalue weighted by Gasteiger charge is 2.73. The zero-order valence-corrected chi connectivity index (χ0v) is 17.2. The summed E-state index contributed by atoms with van der Waals surface area (Å²) < 4.78 is 12.0. The average Bonchev–Trinajstić information content (AvgIpc) is 3.35. The van der Waals surface area contributed by atoms with E-state index in [1.807, 2.05) is 6.08 Å². The van der Waals surface area contributed by atoms with Crippen LogP contribution >= 0.6 is 0 Å². The van der Waals surface area contributed by atoms with Gasteiger partial charge in [0.2, 0.25) is 0 Å². The number of rotatable bonds is 2. The standard InChI is InChI=1S/C23H30O5/c1-12(24)23(28-13(2)25)10-7-16-18-15(6-9-22(16,23)4)21(3)8-5-14(26)11-17(21)19-20(18)27-19/h11,15-16,18-20H,5-10H2,1-4H3/t15-,16-,18+,19+,20-,21+,22-,23-/m0/s1. The molecule has 0 spiro atoms. The van der Waals surface area contributed by atoms with E-state index in [9.17, 15) is 14.4 Å². The second kappa shape index (κ2) is 5.56. The van der Waals surface area contributed by atoms with Gasteiger partial charge >= 0.3 is 5.97 Å². The maximum Gasteiger partial charge on any atom is 0.303 e. The summed E-state index contributed by atoms with van der Waals surface area (Å²) >= 11 is 0. The second-order valence-corrected chi connectivity index (χ2v) is 10.3. The van der Waals surface area contributed by atoms with Crippen LogP contribution in [-0.2, 0) is 23.9 Å². The zero-order valence-electron chi connectivity index (χ0n) is 17.2. The molecule has 0 bridgehead atoms. The van der Waals surface area contributed by atoms with Crippen molar-refractivity contribution in [2.75, 3.05) is 0 Å². The molecular weight excluding hydrogens is 356 g/mol. The summed E-state index contributed by atoms with van der Waals surface area (Å²) in [6.07, 6.45) is 6.98. The highest BCUT2D eigenvalue weighted by Crippen LogP contribution is 2.71. The second-order valence-electron chi connectivity index (χ2n) is 10.3. The largest absolute Gasteiger partial charge is 0.451 e. The maximum atomic E-state index is 12.8. The van der Waals surface area contributed by atoms with E-state index in [0.29, 0.717) is 30.6 Å². The SMILES string of the molecule is CC(=O)O[C@]1(C(C)=O)CC[C@H]2[C@@H]3[C@@H]4O[C@@H]4C4=CC(=O)CC[C@]4(C)[C@H]3CC[C@@]21C. The van der Waals surface area contributed by atoms with Crippen molar-refractivity contribution in [2.24, 2.45) is 28.6 Å². The Hall–Kier alpha value is -1.49. The van der Waals surface area contributed by atoms with Gasteiger partial charge in [-0.3, -0.25) is 14.4 Å². The van der Waals surface area contributed by atoms with E-state index in [1.165, 1.54) is 12.5 Å². The van der Waals surface area contributed by atoms with Gasteiger partial charge in [0.15, 0.2) is 17.2 Å². The summed E-state index contributed by atoms with van der Waals surface area (Å²) in [5.41, 5.74) is -0.113. The van der Waals surface area contributed by atoms with Crippen molar-refractivity contribution in [1.82, 2.24) is 0 Å². The van der Waals surface area contributed by atoms with E-state index < -0.39 is 5.60 Å². The lowest BCUT2D eigenvalue weighted by atomic mass is 9.46. The van der Waals surface area contributed by atoms with Crippen LogP contribution in [-0.4, -0.2) is 35.3 Å². The Morgan fingerprint density at radius 1 is 1.11 bits per heavy atom. The lowest BCUT2D eigenvalue weighted by Crippen LogP contribution is -2.59. The lowest BCUT2D eigenvalue weighted by molar-refractivity contribution is -0.187. The third kappa shape index (κ3) is 2.09. The summed E-state index contributed by atoms with van der Waals surface area (Å²) in [7, 11) is 0. The molecule has 1 heterocycles. The molecule has 4 fully saturated rings. The van der Waals surface area contributed by atoms with Crippen molar-refractivity contribution >= 4 is 17.5 Å². The van der Waals surface area contributed by atoms with Crippen molar-refractivity contribution in [3.8, 4) is 0 Å². The Morgan fingerprint density at radius 3 is 2.50 bits per heavy atom. The first-order valence-electron chi connectivity index (χ1n) is 10.7. The smallest absolute Gasteiger partial charge is 0.303 e. The summed E-state index contributed by atoms with van der Waals surface area (Å²) in [5.74, 6) is 0.981. The van der Waals surface area contributed by atoms with Crippen molar-refractivity contribution in [3.05, 3.63) is 11.6 Å². The third-order valence-corrected chi connectivity index (χ3v) is 9.24. The zero-order chi connectivity index (χ0) is 20.1. The van der Waals surface area contributed by atoms with Crippen molar-refractivity contribution < 1.29 is 23.9 Å². The molecule has 5 heteroatoms. The molecule has 1 aliphatic heterocycles. The van der Waals surface area contributed by atoms with Crippen LogP contribution in [0.25, 0.3) is 0 Å². The molecule has 4 aliphatic carbocycles. The first-order chi connectivity index (χ1) is 13.1. The van der Waals surface area contributed by atoms with Crippen LogP contribution in [0.5, 0.6) is 0 Å². The number of hydrogen-bond donors (Lipinski definition) is 0. The Labute approximate surface area is 166 Å². The monoisotopic (exact) mass is 386 g/mol. The van der Waals surface area contributed by atoms with Crippen molar-refractivity contribution in [3.63, 3.8) is 0 Å². The van der Waals surface area contributed by atoms with E-state index >= 15 is 0 Å². The quantitative estimate of drug-likeness (QED) is 0.537. The Kier molecular flexibility index (Phi) is 3.68. The summed E-state index contributed by atoms with van der Waals surface area (Å²) in [4.78, 5) is 36.8. The van der Waals surface area contributed by atoms with Crippen LogP contribution in [0.2, 0.25) is 0 Å². The van der Waals surface area contributed by atoms with E-state index in [-0.39, 0.29) is 40.6 Å². The fourth-order valence-electron chi connectivity index (χ4n) is 7.87. The topological polar surface area (TPSA) is 73.0 Å². The molecule has 152 valence electrons. The summed E-state index contributed by atoms with van der Waals surface area (Å²) in [5, 5.41) is 0. The van der Waals surface area contributed by atoms with Gasteiger partial charge in [-0.05, 0) is 73.8 Å². The molecule has 5 aliphatic rings. The highest BCUT2D eigenvalue weighted by atomic mass is 16.6. The van der Waals surface area contributed by atoms with Crippen LogP contribution in [0.1, 0.15) is 66.2 Å². The van der Waals surface area contributed by atoms with Crippen LogP contribution in [0.3, 0.4) is 0 Å². The first-order valence-corrected chi connectivity index (χ1v) is 10.7. The van der Waals surface area contributed by atoms with Crippen LogP contribution in [0.15, 0.2) is 11.6 Å². The number of carbonyl (C=O) groups excluding carboxylic acids is 3. The van der Waals surface area contributed by atoms with E-state index in [0.717, 1.165) is 25.7 Å². The predicted molar refractivity (Wildman–Crippen MR) is 101 cm³/mol. The molecule has 0 N–H and O–H groups in total. The predicted octanol–water partition coefficient (Wildman–Crippen LogP) is 3.40. The van der Waals surface area contributed by atoms with Crippen LogP contribution in [0.4, 0.5) is 0 Å². The van der Waals surface area contributed by atoms with Gasteiger partial charge in [-0.15, -0.1) is 0 Å². The molecule has 3 saturated carbocycles. The van der Waals surface area contributed by atoms with Gasteiger partial charge in [0.05, 0.1) is 6.10 Å². The van der Waals surface area contributed by atoms with Gasteiger partial charge in [-0.2, -0.15) is 0 Å².